The summed E-state index contributed by atoms with van der Waals surface area (Å²) in [5, 5.41) is 7.65. The number of nitrogens with two attached hydrogens (primary N) is 1. The van der Waals surface area contributed by atoms with Crippen LogP contribution in [-0.4, -0.2) is 19.2 Å². The SMILES string of the molecule is NS(=O)(=O)c1ccc(NC(=O)C2=CC=CCC2=S)cc1. The summed E-state index contributed by atoms with van der Waals surface area (Å²) in [6, 6.07) is 5.61. The zero-order valence-electron chi connectivity index (χ0n) is 10.4. The highest BCUT2D eigenvalue weighted by Gasteiger charge is 2.15. The fourth-order valence-corrected chi connectivity index (χ4v) is 2.44. The molecule has 0 aromatic heterocycles. The number of nitrogens with one attached hydrogen (secondary N) is 1. The molecule has 104 valence electrons. The van der Waals surface area contributed by atoms with Gasteiger partial charge in [-0.3, -0.25) is 4.79 Å². The monoisotopic (exact) mass is 308 g/mol. The Bertz CT molecular complexity index is 716. The lowest BCUT2D eigenvalue weighted by atomic mass is 10.0. The van der Waals surface area contributed by atoms with Crippen LogP contribution in [0.15, 0.2) is 53.0 Å². The van der Waals surface area contributed by atoms with Crippen LogP contribution in [0.25, 0.3) is 0 Å². The second kappa shape index (κ2) is 5.66. The van der Waals surface area contributed by atoms with Crippen molar-refractivity contribution >= 4 is 38.7 Å². The molecular weight excluding hydrogens is 296 g/mol. The van der Waals surface area contributed by atoms with E-state index in [1.54, 1.807) is 12.2 Å². The summed E-state index contributed by atoms with van der Waals surface area (Å²) in [5.74, 6) is -0.317. The summed E-state index contributed by atoms with van der Waals surface area (Å²) in [5.41, 5.74) is 0.915. The van der Waals surface area contributed by atoms with Crippen LogP contribution in [0, 0.1) is 0 Å². The average molecular weight is 308 g/mol. The summed E-state index contributed by atoms with van der Waals surface area (Å²) in [6.07, 6.45) is 5.87. The predicted octanol–water partition coefficient (Wildman–Crippen LogP) is 1.53. The highest BCUT2D eigenvalue weighted by molar-refractivity contribution is 7.89. The predicted molar refractivity (Wildman–Crippen MR) is 80.9 cm³/mol. The zero-order chi connectivity index (χ0) is 14.8. The van der Waals surface area contributed by atoms with E-state index in [4.69, 9.17) is 17.4 Å². The molecule has 0 atom stereocenters. The summed E-state index contributed by atoms with van der Waals surface area (Å²) in [4.78, 5) is 12.6. The van der Waals surface area contributed by atoms with Crippen LogP contribution in [0.5, 0.6) is 0 Å². The molecule has 0 fully saturated rings. The number of carbonyl (C=O) groups is 1. The van der Waals surface area contributed by atoms with E-state index in [9.17, 15) is 13.2 Å². The van der Waals surface area contributed by atoms with E-state index >= 15 is 0 Å². The first-order chi connectivity index (χ1) is 9.38. The standard InChI is InChI=1S/C13H12N2O3S2/c14-20(17,18)10-7-5-9(6-8-10)15-13(16)11-3-1-2-4-12(11)19/h1-3,5-8H,4H2,(H,15,16)(H2,14,17,18). The summed E-state index contributed by atoms with van der Waals surface area (Å²) >= 11 is 5.11. The van der Waals surface area contributed by atoms with E-state index < -0.39 is 10.0 Å². The van der Waals surface area contributed by atoms with E-state index in [0.717, 1.165) is 0 Å². The number of thiocarbonyl (C=S) groups is 1. The van der Waals surface area contributed by atoms with Crippen molar-refractivity contribution in [1.82, 2.24) is 0 Å². The number of hydrogen-bond donors (Lipinski definition) is 2. The smallest absolute Gasteiger partial charge is 0.256 e. The van der Waals surface area contributed by atoms with Crippen molar-refractivity contribution in [3.63, 3.8) is 0 Å². The van der Waals surface area contributed by atoms with Gasteiger partial charge in [-0.15, -0.1) is 0 Å². The Labute approximate surface area is 122 Å². The van der Waals surface area contributed by atoms with Gasteiger partial charge in [0, 0.05) is 17.0 Å². The number of allylic oxidation sites excluding steroid dienone is 3. The summed E-state index contributed by atoms with van der Waals surface area (Å²) < 4.78 is 22.2. The van der Waals surface area contributed by atoms with Crippen LogP contribution in [0.3, 0.4) is 0 Å². The highest BCUT2D eigenvalue weighted by atomic mass is 32.2. The molecule has 7 heteroatoms. The number of carbonyl (C=O) groups excluding carboxylic acids is 1. The number of rotatable bonds is 3. The van der Waals surface area contributed by atoms with Crippen molar-refractivity contribution < 1.29 is 13.2 Å². The maximum Gasteiger partial charge on any atom is 0.256 e. The third kappa shape index (κ3) is 3.38. The molecule has 1 aromatic carbocycles. The lowest BCUT2D eigenvalue weighted by Gasteiger charge is -2.11. The molecule has 1 amide bonds. The van der Waals surface area contributed by atoms with Gasteiger partial charge >= 0.3 is 0 Å². The minimum Gasteiger partial charge on any atom is -0.322 e. The minimum atomic E-state index is -3.73. The molecule has 1 aromatic rings. The van der Waals surface area contributed by atoms with Gasteiger partial charge in [0.2, 0.25) is 10.0 Å². The lowest BCUT2D eigenvalue weighted by molar-refractivity contribution is -0.112. The third-order valence-corrected chi connectivity index (χ3v) is 4.00. The largest absolute Gasteiger partial charge is 0.322 e. The molecule has 0 unspecified atom stereocenters. The molecule has 1 aliphatic rings. The number of anilines is 1. The molecule has 0 saturated heterocycles. The Hall–Kier alpha value is -1.83. The van der Waals surface area contributed by atoms with Crippen molar-refractivity contribution in [2.75, 3.05) is 5.32 Å². The van der Waals surface area contributed by atoms with Crippen molar-refractivity contribution in [2.24, 2.45) is 5.14 Å². The fraction of sp³-hybridized carbons (Fsp3) is 0.0769. The number of hydrogen-bond acceptors (Lipinski definition) is 4. The normalized spacial score (nSPS) is 14.8. The molecule has 2 rings (SSSR count). The van der Waals surface area contributed by atoms with Crippen LogP contribution in [0.2, 0.25) is 0 Å². The van der Waals surface area contributed by atoms with E-state index in [-0.39, 0.29) is 10.8 Å². The summed E-state index contributed by atoms with van der Waals surface area (Å²) in [6.45, 7) is 0. The van der Waals surface area contributed by atoms with Gasteiger partial charge in [-0.05, 0) is 30.3 Å². The van der Waals surface area contributed by atoms with Crippen LogP contribution in [0.4, 0.5) is 5.69 Å². The third-order valence-electron chi connectivity index (χ3n) is 2.69. The van der Waals surface area contributed by atoms with Crippen LogP contribution in [-0.2, 0) is 14.8 Å². The van der Waals surface area contributed by atoms with Gasteiger partial charge in [-0.2, -0.15) is 0 Å². The van der Waals surface area contributed by atoms with Gasteiger partial charge in [-0.1, -0.05) is 24.4 Å². The molecule has 0 bridgehead atoms. The molecule has 0 saturated carbocycles. The fourth-order valence-electron chi connectivity index (χ4n) is 1.67. The van der Waals surface area contributed by atoms with Crippen molar-refractivity contribution in [3.05, 3.63) is 48.1 Å². The van der Waals surface area contributed by atoms with E-state index in [1.165, 1.54) is 24.3 Å². The Morgan fingerprint density at radius 3 is 2.45 bits per heavy atom. The Morgan fingerprint density at radius 1 is 1.25 bits per heavy atom. The van der Waals surface area contributed by atoms with Crippen molar-refractivity contribution in [2.45, 2.75) is 11.3 Å². The van der Waals surface area contributed by atoms with E-state index in [0.29, 0.717) is 22.5 Å². The maximum atomic E-state index is 12.0. The van der Waals surface area contributed by atoms with Crippen LogP contribution >= 0.6 is 12.2 Å². The van der Waals surface area contributed by atoms with Crippen molar-refractivity contribution in [3.8, 4) is 0 Å². The summed E-state index contributed by atoms with van der Waals surface area (Å²) in [7, 11) is -3.73. The van der Waals surface area contributed by atoms with Crippen LogP contribution in [0.1, 0.15) is 6.42 Å². The van der Waals surface area contributed by atoms with Gasteiger partial charge in [0.25, 0.3) is 5.91 Å². The zero-order valence-corrected chi connectivity index (χ0v) is 12.0. The van der Waals surface area contributed by atoms with Gasteiger partial charge < -0.3 is 5.32 Å². The second-order valence-electron chi connectivity index (χ2n) is 4.16. The Balaban J connectivity index is 2.15. The van der Waals surface area contributed by atoms with Gasteiger partial charge in [-0.25, -0.2) is 13.6 Å². The molecule has 0 heterocycles. The molecule has 0 spiro atoms. The molecule has 3 N–H and O–H groups in total. The molecule has 1 aliphatic carbocycles. The van der Waals surface area contributed by atoms with Gasteiger partial charge in [0.1, 0.15) is 0 Å². The van der Waals surface area contributed by atoms with Gasteiger partial charge in [0.15, 0.2) is 0 Å². The molecule has 20 heavy (non-hydrogen) atoms. The molecule has 0 aliphatic heterocycles. The topological polar surface area (TPSA) is 89.3 Å². The number of primary sulfonamides is 1. The number of amides is 1. The van der Waals surface area contributed by atoms with Crippen molar-refractivity contribution in [1.29, 1.82) is 0 Å². The first-order valence-corrected chi connectivity index (χ1v) is 7.67. The number of benzene rings is 1. The Morgan fingerprint density at radius 2 is 1.90 bits per heavy atom. The first kappa shape index (κ1) is 14.6. The van der Waals surface area contributed by atoms with E-state index in [1.807, 2.05) is 6.08 Å². The first-order valence-electron chi connectivity index (χ1n) is 5.72. The van der Waals surface area contributed by atoms with Gasteiger partial charge in [0.05, 0.1) is 10.5 Å². The van der Waals surface area contributed by atoms with E-state index in [2.05, 4.69) is 5.32 Å². The lowest BCUT2D eigenvalue weighted by Crippen LogP contribution is -2.20. The molecule has 5 nitrogen and oxygen atoms in total. The maximum absolute atomic E-state index is 12.0. The average Bonchev–Trinajstić information content (AvgIpc) is 2.38. The quantitative estimate of drug-likeness (QED) is 0.829. The van der Waals surface area contributed by atoms with Crippen LogP contribution < -0.4 is 10.5 Å². The Kier molecular flexibility index (Phi) is 4.12. The minimum absolute atomic E-state index is 0.00849. The number of sulfonamides is 1. The molecule has 0 radical (unpaired) electrons. The second-order valence-corrected chi connectivity index (χ2v) is 6.21. The highest BCUT2D eigenvalue weighted by Crippen LogP contribution is 2.16. The molecular formula is C13H12N2O3S2.